The summed E-state index contributed by atoms with van der Waals surface area (Å²) in [6, 6.07) is 12.1. The third-order valence-electron chi connectivity index (χ3n) is 3.31. The summed E-state index contributed by atoms with van der Waals surface area (Å²) in [5.74, 6) is 0.0702. The average molecular weight is 272 g/mol. The van der Waals surface area contributed by atoms with Crippen LogP contribution in [0.3, 0.4) is 0 Å². The fourth-order valence-corrected chi connectivity index (χ4v) is 3.05. The second kappa shape index (κ2) is 5.55. The minimum Gasteiger partial charge on any atom is -0.325 e. The van der Waals surface area contributed by atoms with Crippen LogP contribution in [-0.4, -0.2) is 18.5 Å². The van der Waals surface area contributed by atoms with Gasteiger partial charge in [0.25, 0.3) is 0 Å². The van der Waals surface area contributed by atoms with Gasteiger partial charge in [0.05, 0.1) is 6.04 Å². The Labute approximate surface area is 116 Å². The van der Waals surface area contributed by atoms with Gasteiger partial charge in [-0.3, -0.25) is 4.79 Å². The highest BCUT2D eigenvalue weighted by atomic mass is 32.1. The van der Waals surface area contributed by atoms with Crippen LogP contribution in [0, 0.1) is 0 Å². The molecule has 0 saturated carbocycles. The van der Waals surface area contributed by atoms with Crippen molar-refractivity contribution in [1.82, 2.24) is 5.32 Å². The predicted molar refractivity (Wildman–Crippen MR) is 79.4 cm³/mol. The second-order valence-corrected chi connectivity index (χ2v) is 5.64. The van der Waals surface area contributed by atoms with Gasteiger partial charge in [-0.1, -0.05) is 18.2 Å². The molecule has 4 heteroatoms. The maximum atomic E-state index is 12.0. The molecule has 2 N–H and O–H groups in total. The Morgan fingerprint density at radius 1 is 1.32 bits per heavy atom. The topological polar surface area (TPSA) is 41.1 Å². The number of thiophene rings is 1. The molecular weight excluding hydrogens is 256 g/mol. The van der Waals surface area contributed by atoms with Gasteiger partial charge in [0, 0.05) is 10.6 Å². The molecule has 1 aromatic heterocycles. The molecule has 98 valence electrons. The highest BCUT2D eigenvalue weighted by molar-refractivity contribution is 7.13. The molecule has 2 aromatic rings. The summed E-state index contributed by atoms with van der Waals surface area (Å²) in [4.78, 5) is 13.3. The fraction of sp³-hybridized carbons (Fsp3) is 0.267. The Bertz CT molecular complexity index is 559. The van der Waals surface area contributed by atoms with Crippen LogP contribution < -0.4 is 10.6 Å². The summed E-state index contributed by atoms with van der Waals surface area (Å²) >= 11 is 1.70. The number of rotatable bonds is 3. The van der Waals surface area contributed by atoms with Gasteiger partial charge in [-0.2, -0.15) is 0 Å². The normalized spacial score (nSPS) is 18.4. The van der Waals surface area contributed by atoms with Gasteiger partial charge in [0.1, 0.15) is 0 Å². The number of amides is 1. The van der Waals surface area contributed by atoms with Gasteiger partial charge in [-0.05, 0) is 48.5 Å². The lowest BCUT2D eigenvalue weighted by molar-refractivity contribution is -0.117. The molecule has 1 atom stereocenters. The van der Waals surface area contributed by atoms with Gasteiger partial charge < -0.3 is 10.6 Å². The van der Waals surface area contributed by atoms with Crippen molar-refractivity contribution in [3.05, 3.63) is 41.8 Å². The molecule has 1 fully saturated rings. The lowest BCUT2D eigenvalue weighted by Crippen LogP contribution is -2.35. The average Bonchev–Trinajstić information content (AvgIpc) is 3.13. The van der Waals surface area contributed by atoms with Crippen LogP contribution in [0.5, 0.6) is 0 Å². The first-order valence-electron chi connectivity index (χ1n) is 6.51. The number of nitrogens with one attached hydrogen (secondary N) is 2. The van der Waals surface area contributed by atoms with Crippen LogP contribution in [0.1, 0.15) is 12.8 Å². The zero-order valence-electron chi connectivity index (χ0n) is 10.6. The molecule has 0 aliphatic carbocycles. The Kier molecular flexibility index (Phi) is 3.62. The molecule has 1 aromatic carbocycles. The second-order valence-electron chi connectivity index (χ2n) is 4.70. The summed E-state index contributed by atoms with van der Waals surface area (Å²) < 4.78 is 0. The van der Waals surface area contributed by atoms with Crippen molar-refractivity contribution in [3.8, 4) is 10.4 Å². The Morgan fingerprint density at radius 3 is 3.00 bits per heavy atom. The summed E-state index contributed by atoms with van der Waals surface area (Å²) in [5, 5.41) is 8.26. The van der Waals surface area contributed by atoms with Crippen LogP contribution in [0.2, 0.25) is 0 Å². The highest BCUT2D eigenvalue weighted by Crippen LogP contribution is 2.26. The molecule has 0 radical (unpaired) electrons. The van der Waals surface area contributed by atoms with Gasteiger partial charge >= 0.3 is 0 Å². The van der Waals surface area contributed by atoms with E-state index in [1.807, 2.05) is 24.3 Å². The molecule has 3 nitrogen and oxygen atoms in total. The van der Waals surface area contributed by atoms with Crippen molar-refractivity contribution in [2.75, 3.05) is 11.9 Å². The largest absolute Gasteiger partial charge is 0.325 e. The van der Waals surface area contributed by atoms with E-state index < -0.39 is 0 Å². The predicted octanol–water partition coefficient (Wildman–Crippen LogP) is 3.11. The Balaban J connectivity index is 1.74. The number of hydrogen-bond acceptors (Lipinski definition) is 3. The van der Waals surface area contributed by atoms with E-state index in [2.05, 4.69) is 28.1 Å². The van der Waals surface area contributed by atoms with Gasteiger partial charge in [0.2, 0.25) is 5.91 Å². The van der Waals surface area contributed by atoms with Crippen LogP contribution >= 0.6 is 11.3 Å². The van der Waals surface area contributed by atoms with Crippen LogP contribution in [-0.2, 0) is 4.79 Å². The van der Waals surface area contributed by atoms with Gasteiger partial charge in [-0.15, -0.1) is 11.3 Å². The van der Waals surface area contributed by atoms with E-state index in [9.17, 15) is 4.79 Å². The molecule has 1 amide bonds. The summed E-state index contributed by atoms with van der Waals surface area (Å²) in [6.07, 6.45) is 2.00. The molecule has 1 aliphatic heterocycles. The van der Waals surface area contributed by atoms with E-state index in [4.69, 9.17) is 0 Å². The minimum absolute atomic E-state index is 0.0367. The standard InChI is InChI=1S/C15H16N2OS/c18-15(13-6-2-8-16-13)17-12-5-1-4-11(10-12)14-7-3-9-19-14/h1,3-5,7,9-10,13,16H,2,6,8H2,(H,17,18). The third-order valence-corrected chi connectivity index (χ3v) is 4.23. The number of anilines is 1. The quantitative estimate of drug-likeness (QED) is 0.901. The lowest BCUT2D eigenvalue weighted by atomic mass is 10.1. The summed E-state index contributed by atoms with van der Waals surface area (Å²) in [6.45, 7) is 0.938. The monoisotopic (exact) mass is 272 g/mol. The number of carbonyl (C=O) groups excluding carboxylic acids is 1. The molecular formula is C15H16N2OS. The molecule has 1 saturated heterocycles. The zero-order chi connectivity index (χ0) is 13.1. The maximum Gasteiger partial charge on any atom is 0.241 e. The molecule has 19 heavy (non-hydrogen) atoms. The Hall–Kier alpha value is -1.65. The molecule has 1 aliphatic rings. The van der Waals surface area contributed by atoms with Crippen molar-refractivity contribution >= 4 is 22.9 Å². The molecule has 2 heterocycles. The first-order valence-corrected chi connectivity index (χ1v) is 7.39. The fourth-order valence-electron chi connectivity index (χ4n) is 2.33. The van der Waals surface area contributed by atoms with Crippen molar-refractivity contribution in [3.63, 3.8) is 0 Å². The first kappa shape index (κ1) is 12.4. The van der Waals surface area contributed by atoms with Gasteiger partial charge in [0.15, 0.2) is 0 Å². The number of carbonyl (C=O) groups is 1. The van der Waals surface area contributed by atoms with Crippen molar-refractivity contribution in [2.24, 2.45) is 0 Å². The Morgan fingerprint density at radius 2 is 2.26 bits per heavy atom. The van der Waals surface area contributed by atoms with E-state index in [1.54, 1.807) is 11.3 Å². The SMILES string of the molecule is O=C(Nc1cccc(-c2cccs2)c1)C1CCCN1. The smallest absolute Gasteiger partial charge is 0.241 e. The van der Waals surface area contributed by atoms with Crippen LogP contribution in [0.25, 0.3) is 10.4 Å². The summed E-state index contributed by atoms with van der Waals surface area (Å²) in [7, 11) is 0. The van der Waals surface area contributed by atoms with Crippen molar-refractivity contribution in [2.45, 2.75) is 18.9 Å². The van der Waals surface area contributed by atoms with E-state index in [1.165, 1.54) is 4.88 Å². The van der Waals surface area contributed by atoms with Crippen LogP contribution in [0.4, 0.5) is 5.69 Å². The van der Waals surface area contributed by atoms with Crippen molar-refractivity contribution < 1.29 is 4.79 Å². The molecule has 1 unspecified atom stereocenters. The van der Waals surface area contributed by atoms with Crippen molar-refractivity contribution in [1.29, 1.82) is 0 Å². The van der Waals surface area contributed by atoms with Crippen LogP contribution in [0.15, 0.2) is 41.8 Å². The molecule has 0 bridgehead atoms. The van der Waals surface area contributed by atoms with E-state index in [-0.39, 0.29) is 11.9 Å². The zero-order valence-corrected chi connectivity index (χ0v) is 11.4. The summed E-state index contributed by atoms with van der Waals surface area (Å²) in [5.41, 5.74) is 2.01. The highest BCUT2D eigenvalue weighted by Gasteiger charge is 2.21. The van der Waals surface area contributed by atoms with Gasteiger partial charge in [-0.25, -0.2) is 0 Å². The maximum absolute atomic E-state index is 12.0. The molecule has 0 spiro atoms. The molecule has 3 rings (SSSR count). The number of hydrogen-bond donors (Lipinski definition) is 2. The van der Waals surface area contributed by atoms with E-state index in [0.717, 1.165) is 30.6 Å². The third kappa shape index (κ3) is 2.85. The first-order chi connectivity index (χ1) is 9.33. The van der Waals surface area contributed by atoms with E-state index >= 15 is 0 Å². The number of benzene rings is 1. The minimum atomic E-state index is -0.0367. The lowest BCUT2D eigenvalue weighted by Gasteiger charge is -2.11. The van der Waals surface area contributed by atoms with E-state index in [0.29, 0.717) is 0 Å².